The van der Waals surface area contributed by atoms with Crippen LogP contribution < -0.4 is 15.5 Å². The number of piperidine rings is 1. The minimum atomic E-state index is -0.101. The van der Waals surface area contributed by atoms with Crippen LogP contribution in [0.1, 0.15) is 51.4 Å². The van der Waals surface area contributed by atoms with Crippen LogP contribution in [0.2, 0.25) is 0 Å². The van der Waals surface area contributed by atoms with Crippen molar-refractivity contribution < 1.29 is 14.4 Å². The number of hydrogen-bond acceptors (Lipinski definition) is 3. The number of carbonyl (C=O) groups excluding carboxylic acids is 3. The fraction of sp³-hybridized carbons (Fsp3) is 0.560. The Hall–Kier alpha value is -2.83. The Bertz CT molecular complexity index is 948. The third-order valence-electron chi connectivity index (χ3n) is 7.66. The van der Waals surface area contributed by atoms with Crippen molar-refractivity contribution in [2.75, 3.05) is 36.4 Å². The first kappa shape index (κ1) is 21.0. The van der Waals surface area contributed by atoms with Gasteiger partial charge in [-0.25, -0.2) is 4.79 Å². The van der Waals surface area contributed by atoms with E-state index < -0.39 is 0 Å². The van der Waals surface area contributed by atoms with Crippen LogP contribution in [0, 0.1) is 11.3 Å². The predicted octanol–water partition coefficient (Wildman–Crippen LogP) is 3.67. The highest BCUT2D eigenvalue weighted by Gasteiger charge is 2.58. The highest BCUT2D eigenvalue weighted by atomic mass is 16.2. The molecule has 2 aliphatic heterocycles. The number of rotatable bonds is 5. The Balaban J connectivity index is 1.13. The minimum Gasteiger partial charge on any atom is -0.342 e. The molecule has 0 radical (unpaired) electrons. The van der Waals surface area contributed by atoms with Crippen molar-refractivity contribution in [3.63, 3.8) is 0 Å². The number of benzene rings is 1. The van der Waals surface area contributed by atoms with Gasteiger partial charge in [-0.1, -0.05) is 17.7 Å². The highest BCUT2D eigenvalue weighted by Crippen LogP contribution is 2.59. The van der Waals surface area contributed by atoms with Gasteiger partial charge in [0.25, 0.3) is 0 Å². The molecule has 0 bridgehead atoms. The van der Waals surface area contributed by atoms with Crippen LogP contribution >= 0.6 is 0 Å². The van der Waals surface area contributed by atoms with E-state index in [1.165, 1.54) is 18.4 Å². The third kappa shape index (κ3) is 4.25. The number of nitrogens with zero attached hydrogens (tertiary/aromatic N) is 2. The second kappa shape index (κ2) is 8.60. The molecular weight excluding hydrogens is 404 g/mol. The lowest BCUT2D eigenvalue weighted by Gasteiger charge is -2.33. The molecule has 4 aliphatic rings. The zero-order valence-electron chi connectivity index (χ0n) is 18.6. The van der Waals surface area contributed by atoms with Crippen LogP contribution in [0.25, 0.3) is 0 Å². The molecule has 32 heavy (non-hydrogen) atoms. The van der Waals surface area contributed by atoms with E-state index in [0.717, 1.165) is 56.6 Å². The number of nitrogens with one attached hydrogen (secondary N) is 2. The fourth-order valence-electron chi connectivity index (χ4n) is 5.54. The maximum Gasteiger partial charge on any atom is 0.321 e. The Morgan fingerprint density at radius 1 is 1.16 bits per heavy atom. The smallest absolute Gasteiger partial charge is 0.321 e. The number of hydrogen-bond donors (Lipinski definition) is 2. The van der Waals surface area contributed by atoms with E-state index in [1.54, 1.807) is 4.90 Å². The van der Waals surface area contributed by atoms with Crippen molar-refractivity contribution in [2.24, 2.45) is 11.3 Å². The standard InChI is InChI=1S/C25H32N4O3/c30-22(15-18-5-2-1-3-6-18)28-12-9-25(10-13-28)17-21(25)23(31)27-19-7-4-8-20(16-19)29-14-11-26-24(29)32/h4-5,7-8,16,21H,1-3,6,9-15,17H2,(H,26,32)(H,27,31). The summed E-state index contributed by atoms with van der Waals surface area (Å²) in [6, 6.07) is 7.38. The average molecular weight is 437 g/mol. The lowest BCUT2D eigenvalue weighted by atomic mass is 9.90. The first-order chi connectivity index (χ1) is 15.5. The molecule has 7 heteroatoms. The van der Waals surface area contributed by atoms with Gasteiger partial charge in [0.15, 0.2) is 0 Å². The van der Waals surface area contributed by atoms with E-state index in [1.807, 2.05) is 29.2 Å². The van der Waals surface area contributed by atoms with Crippen LogP contribution in [-0.2, 0) is 9.59 Å². The Labute approximate surface area is 189 Å². The molecule has 1 spiro atoms. The third-order valence-corrected chi connectivity index (χ3v) is 7.66. The summed E-state index contributed by atoms with van der Waals surface area (Å²) < 4.78 is 0. The van der Waals surface area contributed by atoms with Gasteiger partial charge in [-0.05, 0) is 68.6 Å². The first-order valence-electron chi connectivity index (χ1n) is 12.0. The van der Waals surface area contributed by atoms with Crippen molar-refractivity contribution in [1.29, 1.82) is 0 Å². The van der Waals surface area contributed by atoms with Crippen molar-refractivity contribution in [1.82, 2.24) is 10.2 Å². The number of urea groups is 1. The van der Waals surface area contributed by atoms with Gasteiger partial charge in [-0.15, -0.1) is 0 Å². The number of likely N-dealkylation sites (tertiary alicyclic amines) is 1. The van der Waals surface area contributed by atoms with Gasteiger partial charge in [-0.3, -0.25) is 14.5 Å². The number of anilines is 2. The van der Waals surface area contributed by atoms with Crippen molar-refractivity contribution in [2.45, 2.75) is 51.4 Å². The van der Waals surface area contributed by atoms with Gasteiger partial charge >= 0.3 is 6.03 Å². The van der Waals surface area contributed by atoms with Crippen molar-refractivity contribution in [3.05, 3.63) is 35.9 Å². The molecule has 4 amide bonds. The second-order valence-electron chi connectivity index (χ2n) is 9.71. The summed E-state index contributed by atoms with van der Waals surface area (Å²) in [7, 11) is 0. The maximum absolute atomic E-state index is 12.9. The number of carbonyl (C=O) groups is 3. The molecule has 5 rings (SSSR count). The van der Waals surface area contributed by atoms with Gasteiger partial charge in [0.2, 0.25) is 11.8 Å². The van der Waals surface area contributed by atoms with E-state index in [-0.39, 0.29) is 29.2 Å². The Kier molecular flexibility index (Phi) is 5.66. The van der Waals surface area contributed by atoms with Gasteiger partial charge in [0.05, 0.1) is 0 Å². The number of amides is 4. The molecule has 2 N–H and O–H groups in total. The van der Waals surface area contributed by atoms with Crippen molar-refractivity contribution >= 4 is 29.2 Å². The largest absolute Gasteiger partial charge is 0.342 e. The van der Waals surface area contributed by atoms with E-state index >= 15 is 0 Å². The summed E-state index contributed by atoms with van der Waals surface area (Å²) in [6.07, 6.45) is 10.2. The van der Waals surface area contributed by atoms with E-state index in [4.69, 9.17) is 0 Å². The Morgan fingerprint density at radius 2 is 2.00 bits per heavy atom. The first-order valence-corrected chi connectivity index (χ1v) is 12.0. The number of allylic oxidation sites excluding steroid dienone is 1. The molecule has 1 aromatic carbocycles. The molecule has 1 saturated carbocycles. The van der Waals surface area contributed by atoms with Crippen LogP contribution in [0.15, 0.2) is 35.9 Å². The van der Waals surface area contributed by atoms with E-state index in [2.05, 4.69) is 16.7 Å². The Morgan fingerprint density at radius 3 is 2.72 bits per heavy atom. The normalized spacial score (nSPS) is 24.2. The second-order valence-corrected chi connectivity index (χ2v) is 9.71. The lowest BCUT2D eigenvalue weighted by molar-refractivity contribution is -0.132. The fourth-order valence-corrected chi connectivity index (χ4v) is 5.54. The SMILES string of the molecule is O=C(Nc1cccc(N2CCNC2=O)c1)C1CC12CCN(C(=O)CC1=CCCCC1)CC2. The monoisotopic (exact) mass is 436 g/mol. The zero-order chi connectivity index (χ0) is 22.1. The molecule has 7 nitrogen and oxygen atoms in total. The molecule has 1 unspecified atom stereocenters. The predicted molar refractivity (Wildman–Crippen MR) is 123 cm³/mol. The zero-order valence-corrected chi connectivity index (χ0v) is 18.6. The molecule has 170 valence electrons. The summed E-state index contributed by atoms with van der Waals surface area (Å²) in [5.74, 6) is 0.317. The van der Waals surface area contributed by atoms with Crippen LogP contribution in [0.4, 0.5) is 16.2 Å². The molecule has 2 aliphatic carbocycles. The minimum absolute atomic E-state index is 0.0135. The summed E-state index contributed by atoms with van der Waals surface area (Å²) >= 11 is 0. The molecule has 1 aromatic rings. The van der Waals surface area contributed by atoms with Crippen LogP contribution in [0.3, 0.4) is 0 Å². The molecule has 2 heterocycles. The van der Waals surface area contributed by atoms with Gasteiger partial charge < -0.3 is 15.5 Å². The van der Waals surface area contributed by atoms with Crippen molar-refractivity contribution in [3.8, 4) is 0 Å². The molecule has 3 fully saturated rings. The van der Waals surface area contributed by atoms with Gasteiger partial charge in [0.1, 0.15) is 0 Å². The molecular formula is C25H32N4O3. The topological polar surface area (TPSA) is 81.8 Å². The highest BCUT2D eigenvalue weighted by molar-refractivity contribution is 5.97. The van der Waals surface area contributed by atoms with Gasteiger partial charge in [0, 0.05) is 49.9 Å². The summed E-state index contributed by atoms with van der Waals surface area (Å²) in [6.45, 7) is 2.79. The summed E-state index contributed by atoms with van der Waals surface area (Å²) in [4.78, 5) is 41.2. The lowest BCUT2D eigenvalue weighted by Crippen LogP contribution is -2.40. The van der Waals surface area contributed by atoms with E-state index in [9.17, 15) is 14.4 Å². The van der Waals surface area contributed by atoms with Gasteiger partial charge in [-0.2, -0.15) is 0 Å². The van der Waals surface area contributed by atoms with E-state index in [0.29, 0.717) is 19.5 Å². The molecule has 1 atom stereocenters. The molecule has 0 aromatic heterocycles. The maximum atomic E-state index is 12.9. The quantitative estimate of drug-likeness (QED) is 0.691. The summed E-state index contributed by atoms with van der Waals surface area (Å²) in [5.41, 5.74) is 2.88. The van der Waals surface area contributed by atoms with Crippen LogP contribution in [-0.4, -0.2) is 48.9 Å². The average Bonchev–Trinajstić information content (AvgIpc) is 3.33. The molecule has 2 saturated heterocycles. The van der Waals surface area contributed by atoms with Crippen LogP contribution in [0.5, 0.6) is 0 Å². The summed E-state index contributed by atoms with van der Waals surface area (Å²) in [5, 5.41) is 5.86.